The third-order valence-electron chi connectivity index (χ3n) is 7.76. The molecule has 1 heterocycles. The Kier molecular flexibility index (Phi) is 7.81. The number of aromatic nitrogens is 2. The number of benzene rings is 2. The molecule has 2 aromatic carbocycles. The number of halogens is 3. The van der Waals surface area contributed by atoms with Gasteiger partial charge in [-0.25, -0.2) is 4.98 Å². The fraction of sp³-hybridized carbons (Fsp3) is 0.481. The van der Waals surface area contributed by atoms with E-state index in [0.29, 0.717) is 17.7 Å². The van der Waals surface area contributed by atoms with Gasteiger partial charge in [0.25, 0.3) is 0 Å². The summed E-state index contributed by atoms with van der Waals surface area (Å²) in [5.74, 6) is 0.138. The van der Waals surface area contributed by atoms with E-state index in [1.54, 1.807) is 6.26 Å². The Hall–Kier alpha value is -2.31. The summed E-state index contributed by atoms with van der Waals surface area (Å²) in [6.07, 6.45) is 2.32. The van der Waals surface area contributed by atoms with Crippen LogP contribution in [0.4, 0.5) is 13.2 Å². The van der Waals surface area contributed by atoms with Gasteiger partial charge >= 0.3 is 15.6 Å². The summed E-state index contributed by atoms with van der Waals surface area (Å²) in [5, 5.41) is 2.26. The molecule has 6 nitrogen and oxygen atoms in total. The molecule has 1 aliphatic carbocycles. The van der Waals surface area contributed by atoms with E-state index in [4.69, 9.17) is 4.43 Å². The second kappa shape index (κ2) is 10.3. The lowest BCUT2D eigenvalue weighted by atomic mass is 9.74. The van der Waals surface area contributed by atoms with Gasteiger partial charge in [-0.3, -0.25) is 0 Å². The maximum absolute atomic E-state index is 13.1. The van der Waals surface area contributed by atoms with Gasteiger partial charge in [-0.05, 0) is 77.5 Å². The highest BCUT2D eigenvalue weighted by Gasteiger charge is 2.49. The SMILES string of the molecule is CSc1nc2c(c(OS(=O)(=O)C(F)(F)F)n1)CC(C)C(c1cc(O[Si](C)(C)C(C)(C)C)cc3ccccc13)C2. The molecule has 0 spiro atoms. The van der Waals surface area contributed by atoms with Crippen LogP contribution in [0.5, 0.6) is 11.6 Å². The minimum Gasteiger partial charge on any atom is -0.543 e. The van der Waals surface area contributed by atoms with Gasteiger partial charge < -0.3 is 8.61 Å². The quantitative estimate of drug-likeness (QED) is 0.0957. The van der Waals surface area contributed by atoms with Gasteiger partial charge in [0, 0.05) is 5.56 Å². The number of alkyl halides is 3. The van der Waals surface area contributed by atoms with Crippen LogP contribution in [-0.2, 0) is 23.0 Å². The number of hydrogen-bond donors (Lipinski definition) is 0. The first-order valence-electron chi connectivity index (χ1n) is 12.6. The summed E-state index contributed by atoms with van der Waals surface area (Å²) in [6, 6.07) is 12.2. The zero-order valence-electron chi connectivity index (χ0n) is 23.0. The molecule has 2 atom stereocenters. The zero-order valence-corrected chi connectivity index (χ0v) is 25.6. The number of nitrogens with zero attached hydrogens (tertiary/aromatic N) is 2. The van der Waals surface area contributed by atoms with Crippen molar-refractivity contribution < 1.29 is 30.2 Å². The third-order valence-corrected chi connectivity index (χ3v) is 13.6. The largest absolute Gasteiger partial charge is 0.543 e. The lowest BCUT2D eigenvalue weighted by Crippen LogP contribution is -2.43. The Morgan fingerprint density at radius 1 is 1.05 bits per heavy atom. The molecule has 212 valence electrons. The molecule has 0 bridgehead atoms. The van der Waals surface area contributed by atoms with Crippen molar-refractivity contribution in [3.05, 3.63) is 53.2 Å². The highest BCUT2D eigenvalue weighted by atomic mass is 32.2. The van der Waals surface area contributed by atoms with Crippen LogP contribution < -0.4 is 8.61 Å². The molecule has 0 saturated heterocycles. The van der Waals surface area contributed by atoms with Crippen LogP contribution in [0.1, 0.15) is 50.4 Å². The molecule has 0 N–H and O–H groups in total. The molecule has 0 radical (unpaired) electrons. The van der Waals surface area contributed by atoms with E-state index in [9.17, 15) is 21.6 Å². The van der Waals surface area contributed by atoms with Gasteiger partial charge in [0.15, 0.2) is 5.16 Å². The van der Waals surface area contributed by atoms with E-state index in [-0.39, 0.29) is 28.5 Å². The zero-order chi connectivity index (χ0) is 29.0. The van der Waals surface area contributed by atoms with E-state index in [1.807, 2.05) is 25.1 Å². The summed E-state index contributed by atoms with van der Waals surface area (Å²) in [6.45, 7) is 12.9. The Bertz CT molecular complexity index is 1510. The van der Waals surface area contributed by atoms with Gasteiger partial charge in [0.05, 0.1) is 5.69 Å². The summed E-state index contributed by atoms with van der Waals surface area (Å²) in [4.78, 5) is 8.56. The predicted octanol–water partition coefficient (Wildman–Crippen LogP) is 7.48. The smallest absolute Gasteiger partial charge is 0.534 e. The van der Waals surface area contributed by atoms with Gasteiger partial charge in [-0.2, -0.15) is 26.6 Å². The minimum absolute atomic E-state index is 0.00811. The number of fused-ring (bicyclic) bond motifs is 2. The minimum atomic E-state index is -5.87. The van der Waals surface area contributed by atoms with Gasteiger partial charge in [0.1, 0.15) is 5.75 Å². The standard InChI is InChI=1S/C27H33F3N2O4S2Si/c1-16-12-22-23(31-25(37-5)32-24(22)35-38(33,34)27(28,29)30)15-20(16)21-14-18(36-39(6,7)26(2,3)4)13-17-10-8-9-11-19(17)21/h8-11,13-14,16,20H,12,15H2,1-7H3. The molecular weight excluding hydrogens is 566 g/mol. The third kappa shape index (κ3) is 5.92. The van der Waals surface area contributed by atoms with Crippen LogP contribution >= 0.6 is 11.8 Å². The van der Waals surface area contributed by atoms with Crippen molar-refractivity contribution in [2.24, 2.45) is 5.92 Å². The van der Waals surface area contributed by atoms with Crippen LogP contribution in [0.15, 0.2) is 41.6 Å². The second-order valence-electron chi connectivity index (χ2n) is 11.5. The average molecular weight is 599 g/mol. The molecule has 3 aromatic rings. The van der Waals surface area contributed by atoms with Crippen LogP contribution in [0.25, 0.3) is 10.8 Å². The summed E-state index contributed by atoms with van der Waals surface area (Å²) >= 11 is 1.11. The first kappa shape index (κ1) is 29.7. The molecular formula is C27H33F3N2O4S2Si. The fourth-order valence-corrected chi connectivity index (χ4v) is 6.42. The summed E-state index contributed by atoms with van der Waals surface area (Å²) in [5.41, 5.74) is -3.71. The van der Waals surface area contributed by atoms with Crippen LogP contribution in [0.3, 0.4) is 0 Å². The van der Waals surface area contributed by atoms with E-state index in [0.717, 1.165) is 33.8 Å². The molecule has 12 heteroatoms. The Morgan fingerprint density at radius 3 is 2.33 bits per heavy atom. The molecule has 0 fully saturated rings. The number of hydrogen-bond acceptors (Lipinski definition) is 7. The first-order valence-corrected chi connectivity index (χ1v) is 18.1. The van der Waals surface area contributed by atoms with Crippen molar-refractivity contribution in [2.75, 3.05) is 6.26 Å². The molecule has 2 unspecified atom stereocenters. The molecule has 4 rings (SSSR count). The fourth-order valence-electron chi connectivity index (χ4n) is 4.59. The normalized spacial score (nSPS) is 18.6. The Morgan fingerprint density at radius 2 is 1.72 bits per heavy atom. The monoisotopic (exact) mass is 598 g/mol. The molecule has 1 aromatic heterocycles. The number of thioether (sulfide) groups is 1. The first-order chi connectivity index (χ1) is 17.9. The Labute approximate surface area is 233 Å². The topological polar surface area (TPSA) is 78.4 Å². The van der Waals surface area contributed by atoms with Crippen molar-refractivity contribution in [3.63, 3.8) is 0 Å². The second-order valence-corrected chi connectivity index (χ2v) is 18.5. The molecule has 0 saturated carbocycles. The Balaban J connectivity index is 1.81. The maximum Gasteiger partial charge on any atom is 0.534 e. The van der Waals surface area contributed by atoms with Crippen molar-refractivity contribution in [2.45, 2.75) is 75.3 Å². The van der Waals surface area contributed by atoms with Crippen LogP contribution in [0, 0.1) is 5.92 Å². The van der Waals surface area contributed by atoms with Crippen molar-refractivity contribution in [1.82, 2.24) is 9.97 Å². The van der Waals surface area contributed by atoms with Gasteiger partial charge in [-0.1, -0.05) is 63.7 Å². The van der Waals surface area contributed by atoms with Gasteiger partial charge in [-0.15, -0.1) is 0 Å². The van der Waals surface area contributed by atoms with E-state index < -0.39 is 29.8 Å². The van der Waals surface area contributed by atoms with Crippen molar-refractivity contribution in [3.8, 4) is 11.6 Å². The van der Waals surface area contributed by atoms with E-state index in [2.05, 4.69) is 66.2 Å². The van der Waals surface area contributed by atoms with Gasteiger partial charge in [0.2, 0.25) is 14.2 Å². The van der Waals surface area contributed by atoms with Crippen molar-refractivity contribution in [1.29, 1.82) is 0 Å². The van der Waals surface area contributed by atoms with E-state index >= 15 is 0 Å². The summed E-state index contributed by atoms with van der Waals surface area (Å²) in [7, 11) is -8.00. The molecule has 0 aliphatic heterocycles. The highest BCUT2D eigenvalue weighted by Crippen LogP contribution is 2.45. The average Bonchev–Trinajstić information content (AvgIpc) is 2.81. The van der Waals surface area contributed by atoms with Crippen molar-refractivity contribution >= 4 is 41.0 Å². The van der Waals surface area contributed by atoms with E-state index in [1.165, 1.54) is 0 Å². The molecule has 1 aliphatic rings. The van der Waals surface area contributed by atoms with Crippen LogP contribution in [0.2, 0.25) is 18.1 Å². The summed E-state index contributed by atoms with van der Waals surface area (Å²) < 4.78 is 74.1. The lowest BCUT2D eigenvalue weighted by molar-refractivity contribution is -0.0502. The predicted molar refractivity (Wildman–Crippen MR) is 151 cm³/mol. The number of rotatable bonds is 6. The molecule has 39 heavy (non-hydrogen) atoms. The lowest BCUT2D eigenvalue weighted by Gasteiger charge is -2.37. The van der Waals surface area contributed by atoms with Crippen LogP contribution in [-0.4, -0.2) is 38.5 Å². The molecule has 0 amide bonds. The highest BCUT2D eigenvalue weighted by molar-refractivity contribution is 7.98. The maximum atomic E-state index is 13.1.